The molecule has 0 amide bonds. The van der Waals surface area contributed by atoms with Crippen molar-refractivity contribution in [3.8, 4) is 23.0 Å². The molecule has 0 bridgehead atoms. The van der Waals surface area contributed by atoms with E-state index in [-0.39, 0.29) is 25.6 Å². The third-order valence-corrected chi connectivity index (χ3v) is 6.27. The molecule has 0 aliphatic rings. The summed E-state index contributed by atoms with van der Waals surface area (Å²) in [5.74, 6) is 5.11. The van der Waals surface area contributed by atoms with E-state index in [4.69, 9.17) is 37.0 Å². The summed E-state index contributed by atoms with van der Waals surface area (Å²) in [4.78, 5) is 16.2. The number of benzene rings is 4. The van der Waals surface area contributed by atoms with Gasteiger partial charge in [0.05, 0.1) is 13.2 Å². The number of hydrogen-bond donors (Lipinski definition) is 6. The Balaban J connectivity index is 0.000000242. The maximum atomic E-state index is 8.83. The standard InChI is InChI=1S/C18H18N4O2.C16H12ClN3O.C2H7NO.ClH/c23-11-10-19-17-12-18(21-13-20-17)22-14-6-8-16(9-7-14)24-15-4-2-1-3-5-15;17-15-10-16(19-11-18-15)20-12-6-8-14(9-7-12)21-13-4-2-1-3-5-13;3-1-2-4;/h1-9,12-13,23H,10-11H2,(H2,19,20,21,22);1-11H,(H,18,19,20);4H,1-3H2;1H. The molecule has 0 aliphatic heterocycles. The lowest BCUT2D eigenvalue weighted by Gasteiger charge is -2.09. The van der Waals surface area contributed by atoms with Gasteiger partial charge < -0.3 is 41.4 Å². The molecular weight excluding hydrogens is 679 g/mol. The fourth-order valence-electron chi connectivity index (χ4n) is 3.87. The summed E-state index contributed by atoms with van der Waals surface area (Å²) in [6, 6.07) is 37.9. The van der Waals surface area contributed by atoms with Gasteiger partial charge in [-0.1, -0.05) is 48.0 Å². The van der Waals surface area contributed by atoms with Gasteiger partial charge >= 0.3 is 0 Å². The molecule has 0 saturated heterocycles. The van der Waals surface area contributed by atoms with E-state index in [9.17, 15) is 0 Å². The third kappa shape index (κ3) is 14.3. The maximum Gasteiger partial charge on any atom is 0.135 e. The highest BCUT2D eigenvalue weighted by Gasteiger charge is 2.02. The van der Waals surface area contributed by atoms with E-state index < -0.39 is 0 Å². The van der Waals surface area contributed by atoms with Crippen LogP contribution in [0.1, 0.15) is 0 Å². The number of hydrogen-bond acceptors (Lipinski definition) is 12. The van der Waals surface area contributed by atoms with Crippen LogP contribution in [0.15, 0.2) is 134 Å². The predicted octanol–water partition coefficient (Wildman–Crippen LogP) is 7.44. The van der Waals surface area contributed by atoms with Crippen molar-refractivity contribution in [2.75, 3.05) is 42.3 Å². The van der Waals surface area contributed by atoms with Crippen molar-refractivity contribution in [1.29, 1.82) is 0 Å². The number of anilines is 5. The molecule has 6 aromatic rings. The van der Waals surface area contributed by atoms with Gasteiger partial charge in [-0.05, 0) is 72.8 Å². The Kier molecular flexibility index (Phi) is 17.3. The number of halogens is 2. The molecule has 14 heteroatoms. The second-order valence-corrected chi connectivity index (χ2v) is 10.2. The molecule has 0 spiro atoms. The van der Waals surface area contributed by atoms with Crippen molar-refractivity contribution in [2.45, 2.75) is 0 Å². The molecule has 4 aromatic carbocycles. The third-order valence-electron chi connectivity index (χ3n) is 6.06. The second kappa shape index (κ2) is 22.2. The Labute approximate surface area is 301 Å². The lowest BCUT2D eigenvalue weighted by atomic mass is 10.3. The van der Waals surface area contributed by atoms with Crippen molar-refractivity contribution >= 4 is 52.8 Å². The van der Waals surface area contributed by atoms with Gasteiger partial charge in [0.25, 0.3) is 0 Å². The SMILES string of the molecule is Cl.Clc1cc(Nc2ccc(Oc3ccccc3)cc2)ncn1.NCCO.OCCNc1cc(Nc2ccc(Oc3ccccc3)cc2)ncn1. The molecule has 0 fully saturated rings. The van der Waals surface area contributed by atoms with E-state index in [2.05, 4.69) is 35.9 Å². The summed E-state index contributed by atoms with van der Waals surface area (Å²) in [6.07, 6.45) is 2.88. The van der Waals surface area contributed by atoms with Crippen LogP contribution in [0.5, 0.6) is 23.0 Å². The van der Waals surface area contributed by atoms with Crippen LogP contribution in [0, 0.1) is 0 Å². The first-order valence-corrected chi connectivity index (χ1v) is 15.6. The van der Waals surface area contributed by atoms with Gasteiger partial charge in [0.2, 0.25) is 0 Å². The predicted molar refractivity (Wildman–Crippen MR) is 201 cm³/mol. The van der Waals surface area contributed by atoms with E-state index in [1.165, 1.54) is 12.7 Å². The molecule has 0 atom stereocenters. The first-order chi connectivity index (χ1) is 24.0. The maximum absolute atomic E-state index is 8.83. The molecule has 0 radical (unpaired) electrons. The van der Waals surface area contributed by atoms with Crippen LogP contribution in [-0.4, -0.2) is 56.5 Å². The Morgan fingerprint density at radius 2 is 0.980 bits per heavy atom. The monoisotopic (exact) mass is 716 g/mol. The van der Waals surface area contributed by atoms with Gasteiger partial charge in [0.1, 0.15) is 58.3 Å². The Bertz CT molecular complexity index is 1790. The smallest absolute Gasteiger partial charge is 0.135 e. The summed E-state index contributed by atoms with van der Waals surface area (Å²) >= 11 is 5.82. The molecule has 6 rings (SSSR count). The number of para-hydroxylation sites is 2. The summed E-state index contributed by atoms with van der Waals surface area (Å²) < 4.78 is 11.5. The minimum atomic E-state index is 0. The lowest BCUT2D eigenvalue weighted by Crippen LogP contribution is -2.07. The van der Waals surface area contributed by atoms with Crippen LogP contribution in [0.3, 0.4) is 0 Å². The zero-order valence-corrected chi connectivity index (χ0v) is 28.5. The summed E-state index contributed by atoms with van der Waals surface area (Å²) in [7, 11) is 0. The number of aromatic nitrogens is 4. The van der Waals surface area contributed by atoms with Gasteiger partial charge in [-0.3, -0.25) is 0 Å². The normalized spacial score (nSPS) is 9.76. The fraction of sp³-hybridized carbons (Fsp3) is 0.111. The highest BCUT2D eigenvalue weighted by molar-refractivity contribution is 6.29. The largest absolute Gasteiger partial charge is 0.457 e. The minimum absolute atomic E-state index is 0. The number of rotatable bonds is 12. The van der Waals surface area contributed by atoms with E-state index in [0.29, 0.717) is 35.7 Å². The van der Waals surface area contributed by atoms with E-state index in [0.717, 1.165) is 34.4 Å². The van der Waals surface area contributed by atoms with Crippen molar-refractivity contribution in [3.05, 3.63) is 139 Å². The molecule has 2 aromatic heterocycles. The molecule has 0 aliphatic carbocycles. The summed E-state index contributed by atoms with van der Waals surface area (Å²) in [5, 5.41) is 26.3. The highest BCUT2D eigenvalue weighted by atomic mass is 35.5. The van der Waals surface area contributed by atoms with Crippen molar-refractivity contribution in [2.24, 2.45) is 5.73 Å². The average Bonchev–Trinajstić information content (AvgIpc) is 3.14. The zero-order valence-electron chi connectivity index (χ0n) is 26.9. The van der Waals surface area contributed by atoms with Gasteiger partial charge in [0.15, 0.2) is 0 Å². The van der Waals surface area contributed by atoms with Crippen molar-refractivity contribution in [3.63, 3.8) is 0 Å². The van der Waals surface area contributed by atoms with Gasteiger partial charge in [-0.2, -0.15) is 0 Å². The number of ether oxygens (including phenoxy) is 2. The van der Waals surface area contributed by atoms with Gasteiger partial charge in [0, 0.05) is 36.6 Å². The van der Waals surface area contributed by atoms with Crippen molar-refractivity contribution < 1.29 is 19.7 Å². The van der Waals surface area contributed by atoms with E-state index in [1.54, 1.807) is 12.1 Å². The first-order valence-electron chi connectivity index (χ1n) is 15.2. The topological polar surface area (TPSA) is 173 Å². The Morgan fingerprint density at radius 1 is 0.560 bits per heavy atom. The Morgan fingerprint density at radius 3 is 1.42 bits per heavy atom. The van der Waals surface area contributed by atoms with Crippen LogP contribution in [0.2, 0.25) is 5.15 Å². The molecule has 260 valence electrons. The number of nitrogens with two attached hydrogens (primary N) is 1. The van der Waals surface area contributed by atoms with Gasteiger partial charge in [-0.25, -0.2) is 19.9 Å². The van der Waals surface area contributed by atoms with Crippen LogP contribution in [-0.2, 0) is 0 Å². The molecule has 50 heavy (non-hydrogen) atoms. The van der Waals surface area contributed by atoms with Crippen LogP contribution < -0.4 is 31.2 Å². The quantitative estimate of drug-likeness (QED) is 0.0692. The molecule has 0 unspecified atom stereocenters. The molecular formula is C36H38Cl2N8O4. The number of nitrogens with one attached hydrogen (secondary N) is 3. The van der Waals surface area contributed by atoms with Crippen LogP contribution in [0.4, 0.5) is 28.8 Å². The average molecular weight is 718 g/mol. The minimum Gasteiger partial charge on any atom is -0.457 e. The molecule has 7 N–H and O–H groups in total. The number of aliphatic hydroxyl groups is 2. The lowest BCUT2D eigenvalue weighted by molar-refractivity contribution is 0.306. The fourth-order valence-corrected chi connectivity index (χ4v) is 4.01. The summed E-state index contributed by atoms with van der Waals surface area (Å²) in [5.41, 5.74) is 6.56. The van der Waals surface area contributed by atoms with Crippen LogP contribution in [0.25, 0.3) is 0 Å². The Hall–Kier alpha value is -5.50. The first kappa shape index (κ1) is 38.9. The summed E-state index contributed by atoms with van der Waals surface area (Å²) in [6.45, 7) is 0.970. The number of nitrogens with zero attached hydrogens (tertiary/aromatic N) is 4. The van der Waals surface area contributed by atoms with Crippen LogP contribution >= 0.6 is 24.0 Å². The van der Waals surface area contributed by atoms with E-state index in [1.807, 2.05) is 109 Å². The molecule has 12 nitrogen and oxygen atoms in total. The molecule has 0 saturated carbocycles. The molecule has 2 heterocycles. The van der Waals surface area contributed by atoms with Gasteiger partial charge in [-0.15, -0.1) is 12.4 Å². The zero-order chi connectivity index (χ0) is 34.5. The number of aliphatic hydroxyl groups excluding tert-OH is 2. The van der Waals surface area contributed by atoms with Crippen molar-refractivity contribution in [1.82, 2.24) is 19.9 Å². The second-order valence-electron chi connectivity index (χ2n) is 9.81. The van der Waals surface area contributed by atoms with E-state index >= 15 is 0 Å². The highest BCUT2D eigenvalue weighted by Crippen LogP contribution is 2.25.